The van der Waals surface area contributed by atoms with E-state index < -0.39 is 5.82 Å². The van der Waals surface area contributed by atoms with E-state index in [9.17, 15) is 9.65 Å². The highest BCUT2D eigenvalue weighted by atomic mass is 19.1. The van der Waals surface area contributed by atoms with Crippen LogP contribution in [-0.2, 0) is 6.54 Å². The Hall–Kier alpha value is -5.87. The van der Waals surface area contributed by atoms with Gasteiger partial charge in [0.1, 0.15) is 34.7 Å². The van der Waals surface area contributed by atoms with E-state index in [0.29, 0.717) is 39.9 Å². The van der Waals surface area contributed by atoms with E-state index >= 15 is 0 Å². The number of anilines is 2. The van der Waals surface area contributed by atoms with Crippen LogP contribution in [0, 0.1) is 22.6 Å². The van der Waals surface area contributed by atoms with E-state index in [4.69, 9.17) is 15.7 Å². The maximum absolute atomic E-state index is 13.6. The van der Waals surface area contributed by atoms with Gasteiger partial charge in [-0.05, 0) is 67.4 Å². The minimum atomic E-state index is -0.430. The number of aromatic nitrogens is 8. The molecule has 0 amide bonds. The van der Waals surface area contributed by atoms with Crippen molar-refractivity contribution in [2.24, 2.45) is 5.41 Å². The summed E-state index contributed by atoms with van der Waals surface area (Å²) in [6, 6.07) is 18.9. The maximum atomic E-state index is 13.6. The van der Waals surface area contributed by atoms with E-state index in [0.717, 1.165) is 63.3 Å². The van der Waals surface area contributed by atoms with Gasteiger partial charge in [-0.15, -0.1) is 0 Å². The first-order chi connectivity index (χ1) is 23.0. The molecule has 13 heteroatoms. The Balaban J connectivity index is 1.06. The van der Waals surface area contributed by atoms with Crippen molar-refractivity contribution in [2.45, 2.75) is 19.4 Å². The number of nitrogens with two attached hydrogens (primary N) is 1. The highest BCUT2D eigenvalue weighted by molar-refractivity contribution is 5.83. The fourth-order valence-corrected chi connectivity index (χ4v) is 6.75. The molecular formula is C34H29FN12. The molecule has 232 valence electrons. The van der Waals surface area contributed by atoms with Crippen LogP contribution in [0.25, 0.3) is 39.8 Å². The zero-order valence-corrected chi connectivity index (χ0v) is 25.3. The van der Waals surface area contributed by atoms with Gasteiger partial charge < -0.3 is 10.6 Å². The van der Waals surface area contributed by atoms with Crippen molar-refractivity contribution in [1.82, 2.24) is 44.4 Å². The van der Waals surface area contributed by atoms with Crippen molar-refractivity contribution in [2.75, 3.05) is 36.8 Å². The van der Waals surface area contributed by atoms with Crippen LogP contribution in [0.2, 0.25) is 0 Å². The van der Waals surface area contributed by atoms with Gasteiger partial charge in [-0.2, -0.15) is 5.26 Å². The summed E-state index contributed by atoms with van der Waals surface area (Å²) in [6.45, 7) is 4.72. The number of benzene rings is 1. The Bertz CT molecular complexity index is 2140. The monoisotopic (exact) mass is 624 g/mol. The fraction of sp³-hybridized carbons (Fsp3) is 0.235. The Morgan fingerprint density at radius 3 is 2.55 bits per heavy atom. The quantitative estimate of drug-likeness (QED) is 0.280. The van der Waals surface area contributed by atoms with Crippen molar-refractivity contribution in [3.63, 3.8) is 0 Å². The zero-order chi connectivity index (χ0) is 32.0. The van der Waals surface area contributed by atoms with Crippen molar-refractivity contribution in [3.05, 3.63) is 96.6 Å². The minimum Gasteiger partial charge on any atom is -0.383 e. The van der Waals surface area contributed by atoms with Gasteiger partial charge in [0.15, 0.2) is 17.3 Å². The van der Waals surface area contributed by atoms with E-state index in [-0.39, 0.29) is 11.2 Å². The zero-order valence-electron chi connectivity index (χ0n) is 25.3. The predicted octanol–water partition coefficient (Wildman–Crippen LogP) is 4.42. The van der Waals surface area contributed by atoms with Gasteiger partial charge in [-0.25, -0.2) is 39.3 Å². The summed E-state index contributed by atoms with van der Waals surface area (Å²) < 4.78 is 15.5. The summed E-state index contributed by atoms with van der Waals surface area (Å²) in [4.78, 5) is 35.8. The average Bonchev–Trinajstić information content (AvgIpc) is 3.82. The molecule has 6 aromatic rings. The number of nitrogens with zero attached hydrogens (tertiary/aromatic N) is 11. The number of imidazole rings is 1. The molecule has 1 atom stereocenters. The summed E-state index contributed by atoms with van der Waals surface area (Å²) in [5.41, 5.74) is 10.9. The van der Waals surface area contributed by atoms with Crippen molar-refractivity contribution in [3.8, 4) is 34.7 Å². The van der Waals surface area contributed by atoms with Crippen LogP contribution < -0.4 is 10.6 Å². The second-order valence-electron chi connectivity index (χ2n) is 12.1. The van der Waals surface area contributed by atoms with Gasteiger partial charge in [-0.3, -0.25) is 9.47 Å². The Labute approximate surface area is 269 Å². The maximum Gasteiger partial charge on any atom is 0.234 e. The Kier molecular flexibility index (Phi) is 6.99. The molecule has 0 saturated carbocycles. The number of hydrogen-bond donors (Lipinski definition) is 1. The van der Waals surface area contributed by atoms with Crippen LogP contribution in [-0.4, -0.2) is 70.5 Å². The molecule has 7 heterocycles. The molecule has 1 spiro atoms. The lowest BCUT2D eigenvalue weighted by Gasteiger charge is -2.25. The van der Waals surface area contributed by atoms with E-state index in [2.05, 4.69) is 59.0 Å². The first-order valence-corrected chi connectivity index (χ1v) is 15.4. The number of fused-ring (bicyclic) bond motifs is 1. The molecule has 8 rings (SSSR count). The second kappa shape index (κ2) is 11.5. The smallest absolute Gasteiger partial charge is 0.234 e. The van der Waals surface area contributed by atoms with Gasteiger partial charge >= 0.3 is 0 Å². The number of halogens is 1. The molecule has 2 saturated heterocycles. The van der Waals surface area contributed by atoms with Gasteiger partial charge in [0, 0.05) is 49.7 Å². The molecule has 0 aliphatic carbocycles. The normalized spacial score (nSPS) is 17.9. The van der Waals surface area contributed by atoms with Gasteiger partial charge in [-0.1, -0.05) is 12.1 Å². The molecule has 2 aliphatic heterocycles. The van der Waals surface area contributed by atoms with Crippen LogP contribution >= 0.6 is 0 Å². The van der Waals surface area contributed by atoms with Crippen LogP contribution in [0.3, 0.4) is 0 Å². The molecule has 12 nitrogen and oxygen atoms in total. The predicted molar refractivity (Wildman–Crippen MR) is 173 cm³/mol. The van der Waals surface area contributed by atoms with Gasteiger partial charge in [0.2, 0.25) is 5.82 Å². The molecular weight excluding hydrogens is 595 g/mol. The summed E-state index contributed by atoms with van der Waals surface area (Å²) in [5.74, 6) is 1.91. The van der Waals surface area contributed by atoms with Crippen LogP contribution in [0.4, 0.5) is 16.0 Å². The molecule has 2 aliphatic rings. The molecule has 0 radical (unpaired) electrons. The van der Waals surface area contributed by atoms with Gasteiger partial charge in [0.05, 0.1) is 18.0 Å². The SMILES string of the molecule is N#Cc1nccc(N2CC[C@]3(CCN(Cc4ccc(-n5c(-c6cccnc6N)nc6cnc(-c7ccc(F)cn7)nc65)cc4)C3)C2)n1. The third-order valence-corrected chi connectivity index (χ3v) is 9.06. The molecule has 1 aromatic carbocycles. The number of nitriles is 1. The lowest BCUT2D eigenvalue weighted by Crippen LogP contribution is -2.31. The lowest BCUT2D eigenvalue weighted by atomic mass is 9.86. The number of hydrogen-bond acceptors (Lipinski definition) is 11. The van der Waals surface area contributed by atoms with E-state index in [1.54, 1.807) is 24.7 Å². The first kappa shape index (κ1) is 28.6. The van der Waals surface area contributed by atoms with Crippen molar-refractivity contribution < 1.29 is 4.39 Å². The molecule has 0 bridgehead atoms. The molecule has 5 aromatic heterocycles. The van der Waals surface area contributed by atoms with Crippen LogP contribution in [0.15, 0.2) is 79.4 Å². The van der Waals surface area contributed by atoms with Crippen LogP contribution in [0.1, 0.15) is 24.2 Å². The first-order valence-electron chi connectivity index (χ1n) is 15.4. The Morgan fingerprint density at radius 1 is 0.872 bits per heavy atom. The second-order valence-corrected chi connectivity index (χ2v) is 12.1. The highest BCUT2D eigenvalue weighted by Gasteiger charge is 2.43. The largest absolute Gasteiger partial charge is 0.383 e. The average molecular weight is 625 g/mol. The number of rotatable bonds is 6. The van der Waals surface area contributed by atoms with Crippen LogP contribution in [0.5, 0.6) is 0 Å². The summed E-state index contributed by atoms with van der Waals surface area (Å²) in [6.07, 6.45) is 8.32. The van der Waals surface area contributed by atoms with Crippen molar-refractivity contribution in [1.29, 1.82) is 5.26 Å². The lowest BCUT2D eigenvalue weighted by molar-refractivity contribution is 0.270. The highest BCUT2D eigenvalue weighted by Crippen LogP contribution is 2.41. The fourth-order valence-electron chi connectivity index (χ4n) is 6.75. The minimum absolute atomic E-state index is 0.206. The van der Waals surface area contributed by atoms with Crippen molar-refractivity contribution >= 4 is 22.8 Å². The third kappa shape index (κ3) is 5.38. The molecule has 2 N–H and O–H groups in total. The number of nitrogen functional groups attached to an aromatic ring is 1. The Morgan fingerprint density at radius 2 is 1.74 bits per heavy atom. The molecule has 47 heavy (non-hydrogen) atoms. The van der Waals surface area contributed by atoms with Gasteiger partial charge in [0.25, 0.3) is 0 Å². The van der Waals surface area contributed by atoms with E-state index in [1.807, 2.05) is 28.8 Å². The molecule has 0 unspecified atom stereocenters. The topological polar surface area (TPSA) is 151 Å². The standard InChI is InChI=1S/C34H29FN12/c35-23-5-8-26(40-17-23)31-41-18-27-33(44-31)47(32(42-27)25-2-1-12-39-30(25)37)24-6-3-22(4-7-24)19-45-14-10-34(20-45)11-15-46(21-34)29-9-13-38-28(16-36)43-29/h1-9,12-13,17-18H,10-11,14-15,19-21H2,(H2,37,39)/t34-/m0/s1. The third-order valence-electron chi connectivity index (χ3n) is 9.06. The molecule has 2 fully saturated rings. The number of likely N-dealkylation sites (tertiary alicyclic amines) is 1. The van der Waals surface area contributed by atoms with E-state index in [1.165, 1.54) is 11.6 Å². The summed E-state index contributed by atoms with van der Waals surface area (Å²) in [5, 5.41) is 9.21. The summed E-state index contributed by atoms with van der Waals surface area (Å²) >= 11 is 0. The summed E-state index contributed by atoms with van der Waals surface area (Å²) in [7, 11) is 0. The number of pyridine rings is 2.